The predicted octanol–water partition coefficient (Wildman–Crippen LogP) is 4.59. The van der Waals surface area contributed by atoms with Crippen LogP contribution in [0.1, 0.15) is 31.9 Å². The Labute approximate surface area is 167 Å². The van der Waals surface area contributed by atoms with Gasteiger partial charge in [-0.2, -0.15) is 5.26 Å². The molecule has 7 nitrogen and oxygen atoms in total. The van der Waals surface area contributed by atoms with E-state index in [4.69, 9.17) is 11.6 Å². The lowest BCUT2D eigenvalue weighted by atomic mass is 9.85. The second kappa shape index (κ2) is 7.62. The first-order valence-electron chi connectivity index (χ1n) is 8.02. The van der Waals surface area contributed by atoms with E-state index in [2.05, 4.69) is 0 Å². The molecule has 146 valence electrons. The molecular formula is C19H17ClN2O5S. The van der Waals surface area contributed by atoms with Crippen LogP contribution in [0.2, 0.25) is 5.02 Å². The normalized spacial score (nSPS) is 12.5. The van der Waals surface area contributed by atoms with Crippen LogP contribution in [0.25, 0.3) is 6.08 Å². The summed E-state index contributed by atoms with van der Waals surface area (Å²) in [6, 6.07) is 9.38. The van der Waals surface area contributed by atoms with E-state index in [0.29, 0.717) is 5.02 Å². The molecule has 0 bridgehead atoms. The van der Waals surface area contributed by atoms with E-state index in [-0.39, 0.29) is 16.0 Å². The number of hydrogen-bond donors (Lipinski definition) is 1. The van der Waals surface area contributed by atoms with Gasteiger partial charge in [-0.25, -0.2) is 8.42 Å². The van der Waals surface area contributed by atoms with Gasteiger partial charge in [0.05, 0.1) is 9.82 Å². The molecule has 0 radical (unpaired) electrons. The average Bonchev–Trinajstić information content (AvgIpc) is 2.59. The molecule has 2 aromatic rings. The van der Waals surface area contributed by atoms with Gasteiger partial charge in [0.1, 0.15) is 11.0 Å². The van der Waals surface area contributed by atoms with Crippen molar-refractivity contribution in [2.24, 2.45) is 0 Å². The summed E-state index contributed by atoms with van der Waals surface area (Å²) in [4.78, 5) is 9.81. The number of hydrogen-bond acceptors (Lipinski definition) is 6. The number of nitro groups is 1. The molecule has 0 saturated heterocycles. The minimum atomic E-state index is -4.15. The lowest BCUT2D eigenvalue weighted by Crippen LogP contribution is -2.12. The first-order chi connectivity index (χ1) is 12.9. The van der Waals surface area contributed by atoms with Gasteiger partial charge in [-0.05, 0) is 47.4 Å². The van der Waals surface area contributed by atoms with Crippen molar-refractivity contribution in [2.75, 3.05) is 0 Å². The van der Waals surface area contributed by atoms with E-state index in [1.54, 1.807) is 26.8 Å². The van der Waals surface area contributed by atoms with Crippen molar-refractivity contribution in [3.8, 4) is 11.8 Å². The summed E-state index contributed by atoms with van der Waals surface area (Å²) >= 11 is 5.76. The van der Waals surface area contributed by atoms with E-state index in [9.17, 15) is 28.9 Å². The molecule has 2 rings (SSSR count). The topological polar surface area (TPSA) is 121 Å². The highest BCUT2D eigenvalue weighted by Crippen LogP contribution is 2.39. The molecule has 0 fully saturated rings. The largest absolute Gasteiger partial charge is 0.502 e. The number of nitro benzene ring substituents is 1. The molecule has 0 aliphatic heterocycles. The van der Waals surface area contributed by atoms with Gasteiger partial charge in [0, 0.05) is 16.7 Å². The first-order valence-corrected chi connectivity index (χ1v) is 9.88. The van der Waals surface area contributed by atoms with Crippen LogP contribution < -0.4 is 0 Å². The summed E-state index contributed by atoms with van der Waals surface area (Å²) in [5.74, 6) is -0.492. The quantitative estimate of drug-likeness (QED) is 0.438. The zero-order valence-corrected chi connectivity index (χ0v) is 16.9. The fourth-order valence-corrected chi connectivity index (χ4v) is 3.78. The number of nitrogens with zero attached hydrogens (tertiary/aromatic N) is 2. The van der Waals surface area contributed by atoms with Crippen molar-refractivity contribution in [1.29, 1.82) is 5.26 Å². The van der Waals surface area contributed by atoms with Crippen LogP contribution in [0.3, 0.4) is 0 Å². The summed E-state index contributed by atoms with van der Waals surface area (Å²) in [7, 11) is -4.15. The molecule has 0 aliphatic rings. The minimum absolute atomic E-state index is 0.114. The summed E-state index contributed by atoms with van der Waals surface area (Å²) in [6.07, 6.45) is 1.05. The van der Waals surface area contributed by atoms with Gasteiger partial charge < -0.3 is 5.11 Å². The van der Waals surface area contributed by atoms with Crippen molar-refractivity contribution in [3.05, 3.63) is 67.6 Å². The Kier molecular flexibility index (Phi) is 5.83. The van der Waals surface area contributed by atoms with Gasteiger partial charge in [-0.1, -0.05) is 32.4 Å². The van der Waals surface area contributed by atoms with E-state index in [1.165, 1.54) is 30.3 Å². The molecule has 0 atom stereocenters. The molecule has 9 heteroatoms. The second-order valence-electron chi connectivity index (χ2n) is 7.02. The number of rotatable bonds is 4. The number of benzene rings is 2. The predicted molar refractivity (Wildman–Crippen MR) is 106 cm³/mol. The average molecular weight is 421 g/mol. The zero-order chi connectivity index (χ0) is 21.3. The van der Waals surface area contributed by atoms with Crippen molar-refractivity contribution in [2.45, 2.75) is 31.1 Å². The van der Waals surface area contributed by atoms with Crippen LogP contribution in [0, 0.1) is 21.4 Å². The van der Waals surface area contributed by atoms with Gasteiger partial charge in [-0.3, -0.25) is 10.1 Å². The monoisotopic (exact) mass is 420 g/mol. The van der Waals surface area contributed by atoms with Crippen molar-refractivity contribution >= 4 is 33.2 Å². The molecule has 0 aromatic heterocycles. The van der Waals surface area contributed by atoms with Crippen LogP contribution in [0.5, 0.6) is 5.75 Å². The van der Waals surface area contributed by atoms with Crippen LogP contribution >= 0.6 is 11.6 Å². The highest BCUT2D eigenvalue weighted by atomic mass is 35.5. The fraction of sp³-hybridized carbons (Fsp3) is 0.211. The Hall–Kier alpha value is -2.89. The second-order valence-corrected chi connectivity index (χ2v) is 9.38. The molecular weight excluding hydrogens is 404 g/mol. The number of aromatic hydroxyl groups is 1. The van der Waals surface area contributed by atoms with Gasteiger partial charge in [-0.15, -0.1) is 0 Å². The van der Waals surface area contributed by atoms with Crippen LogP contribution in [-0.2, 0) is 15.3 Å². The molecule has 0 heterocycles. The van der Waals surface area contributed by atoms with E-state index in [0.717, 1.165) is 12.1 Å². The molecule has 2 aromatic carbocycles. The third-order valence-corrected chi connectivity index (χ3v) is 5.87. The lowest BCUT2D eigenvalue weighted by molar-refractivity contribution is -0.386. The zero-order valence-electron chi connectivity index (χ0n) is 15.3. The third-order valence-electron chi connectivity index (χ3n) is 3.94. The molecule has 28 heavy (non-hydrogen) atoms. The standard InChI is InChI=1S/C19H17ClN2O5S/c1-19(2,3)16-9-12(10-17(18(16)23)22(24)25)8-15(11-21)28(26,27)14-6-4-13(20)5-7-14/h4-10,23H,1-3H3/b15-8+. The molecule has 0 unspecified atom stereocenters. The summed E-state index contributed by atoms with van der Waals surface area (Å²) in [5.41, 5.74) is -0.849. The number of sulfone groups is 1. The molecule has 0 amide bonds. The smallest absolute Gasteiger partial charge is 0.311 e. The SMILES string of the molecule is CC(C)(C)c1cc(/C=C(\C#N)S(=O)(=O)c2ccc(Cl)cc2)cc([N+](=O)[O-])c1O. The van der Waals surface area contributed by atoms with Crippen molar-refractivity contribution in [1.82, 2.24) is 0 Å². The maximum absolute atomic E-state index is 12.7. The van der Waals surface area contributed by atoms with Crippen LogP contribution in [0.15, 0.2) is 46.2 Å². The summed E-state index contributed by atoms with van der Waals surface area (Å²) < 4.78 is 25.5. The Morgan fingerprint density at radius 2 is 1.82 bits per heavy atom. The van der Waals surface area contributed by atoms with Crippen LogP contribution in [-0.4, -0.2) is 18.4 Å². The fourth-order valence-electron chi connectivity index (χ4n) is 2.50. The van der Waals surface area contributed by atoms with Gasteiger partial charge in [0.2, 0.25) is 9.84 Å². The Morgan fingerprint density at radius 1 is 1.25 bits per heavy atom. The van der Waals surface area contributed by atoms with Gasteiger partial charge in [0.25, 0.3) is 0 Å². The third kappa shape index (κ3) is 4.32. The number of nitriles is 1. The number of halogens is 1. The van der Waals surface area contributed by atoms with Crippen LogP contribution in [0.4, 0.5) is 5.69 Å². The summed E-state index contributed by atoms with van der Waals surface area (Å²) in [6.45, 7) is 5.23. The number of allylic oxidation sites excluding steroid dienone is 1. The van der Waals surface area contributed by atoms with Crippen molar-refractivity contribution in [3.63, 3.8) is 0 Å². The Bertz CT molecular complexity index is 1110. The van der Waals surface area contributed by atoms with E-state index in [1.807, 2.05) is 0 Å². The molecule has 1 N–H and O–H groups in total. The van der Waals surface area contributed by atoms with Gasteiger partial charge >= 0.3 is 5.69 Å². The maximum Gasteiger partial charge on any atom is 0.311 e. The van der Waals surface area contributed by atoms with E-state index >= 15 is 0 Å². The minimum Gasteiger partial charge on any atom is -0.502 e. The highest BCUT2D eigenvalue weighted by molar-refractivity contribution is 7.95. The first kappa shape index (κ1) is 21.4. The Balaban J connectivity index is 2.70. The lowest BCUT2D eigenvalue weighted by Gasteiger charge is -2.20. The summed E-state index contributed by atoms with van der Waals surface area (Å²) in [5, 5.41) is 31.2. The number of phenols is 1. The number of phenolic OH excluding ortho intramolecular Hbond substituents is 1. The molecule has 0 spiro atoms. The molecule has 0 saturated carbocycles. The van der Waals surface area contributed by atoms with Gasteiger partial charge in [0.15, 0.2) is 5.75 Å². The van der Waals surface area contributed by atoms with Crippen molar-refractivity contribution < 1.29 is 18.4 Å². The van der Waals surface area contributed by atoms with E-state index < -0.39 is 36.5 Å². The highest BCUT2D eigenvalue weighted by Gasteiger charge is 2.27. The maximum atomic E-state index is 12.7. The molecule has 0 aliphatic carbocycles. The Morgan fingerprint density at radius 3 is 2.29 bits per heavy atom.